The molecule has 1 N–H and O–H groups in total. The summed E-state index contributed by atoms with van der Waals surface area (Å²) in [5.41, 5.74) is 2.67. The Kier molecular flexibility index (Phi) is 7.29. The van der Waals surface area contributed by atoms with Crippen LogP contribution in [0, 0.1) is 0 Å². The number of hydrogen-bond donors (Lipinski definition) is 1. The summed E-state index contributed by atoms with van der Waals surface area (Å²) in [5.74, 6) is 1.32. The number of benzene rings is 2. The molecular weight excluding hydrogens is 426 g/mol. The Hall–Kier alpha value is -2.61. The van der Waals surface area contributed by atoms with Crippen molar-refractivity contribution in [3.8, 4) is 5.75 Å². The number of anilines is 1. The smallest absolute Gasteiger partial charge is 0.262 e. The number of piperazine rings is 1. The number of hydrogen-bond acceptors (Lipinski definition) is 5. The molecule has 32 heavy (non-hydrogen) atoms. The van der Waals surface area contributed by atoms with Gasteiger partial charge in [0.2, 0.25) is 0 Å². The molecule has 0 atom stereocenters. The van der Waals surface area contributed by atoms with Crippen molar-refractivity contribution in [1.29, 1.82) is 0 Å². The van der Waals surface area contributed by atoms with E-state index in [-0.39, 0.29) is 12.5 Å². The van der Waals surface area contributed by atoms with Crippen LogP contribution in [0.5, 0.6) is 5.75 Å². The number of para-hydroxylation sites is 1. The maximum absolute atomic E-state index is 12.4. The second-order valence-electron chi connectivity index (χ2n) is 7.95. The van der Waals surface area contributed by atoms with Gasteiger partial charge in [-0.05, 0) is 43.8 Å². The molecule has 0 spiro atoms. The van der Waals surface area contributed by atoms with Crippen LogP contribution >= 0.6 is 11.6 Å². The van der Waals surface area contributed by atoms with Crippen molar-refractivity contribution in [2.75, 3.05) is 44.6 Å². The lowest BCUT2D eigenvalue weighted by molar-refractivity contribution is -0.118. The number of imidazole rings is 1. The minimum absolute atomic E-state index is 0.111. The highest BCUT2D eigenvalue weighted by Gasteiger charge is 2.19. The van der Waals surface area contributed by atoms with E-state index in [1.807, 2.05) is 30.3 Å². The van der Waals surface area contributed by atoms with Crippen molar-refractivity contribution in [3.63, 3.8) is 0 Å². The molecule has 0 bridgehead atoms. The predicted molar refractivity (Wildman–Crippen MR) is 128 cm³/mol. The number of nitrogens with one attached hydrogen (secondary N) is 1. The molecule has 1 fully saturated rings. The van der Waals surface area contributed by atoms with Gasteiger partial charge in [-0.3, -0.25) is 9.69 Å². The van der Waals surface area contributed by atoms with E-state index >= 15 is 0 Å². The Morgan fingerprint density at radius 2 is 1.81 bits per heavy atom. The van der Waals surface area contributed by atoms with E-state index in [0.717, 1.165) is 62.7 Å². The van der Waals surface area contributed by atoms with Gasteiger partial charge in [0.25, 0.3) is 5.91 Å². The van der Waals surface area contributed by atoms with E-state index in [4.69, 9.17) is 21.3 Å². The number of carbonyl (C=O) groups excluding carboxylic acids is 1. The van der Waals surface area contributed by atoms with E-state index < -0.39 is 0 Å². The number of rotatable bonds is 8. The van der Waals surface area contributed by atoms with Gasteiger partial charge in [0.15, 0.2) is 6.61 Å². The van der Waals surface area contributed by atoms with Gasteiger partial charge in [-0.1, -0.05) is 30.7 Å². The lowest BCUT2D eigenvalue weighted by atomic mass is 10.2. The minimum Gasteiger partial charge on any atom is -0.482 e. The first kappa shape index (κ1) is 22.6. The lowest BCUT2D eigenvalue weighted by Gasteiger charge is -2.33. The Bertz CT molecular complexity index is 1080. The molecular formula is C24H30ClN5O2. The van der Waals surface area contributed by atoms with Gasteiger partial charge in [-0.15, -0.1) is 0 Å². The lowest BCUT2D eigenvalue weighted by Crippen LogP contribution is -2.45. The molecule has 1 aliphatic heterocycles. The van der Waals surface area contributed by atoms with Crippen molar-refractivity contribution in [1.82, 2.24) is 19.4 Å². The van der Waals surface area contributed by atoms with Gasteiger partial charge in [-0.2, -0.15) is 0 Å². The van der Waals surface area contributed by atoms with Gasteiger partial charge in [0.1, 0.15) is 11.6 Å². The Labute approximate surface area is 193 Å². The maximum atomic E-state index is 12.4. The topological polar surface area (TPSA) is 62.6 Å². The Balaban J connectivity index is 1.42. The van der Waals surface area contributed by atoms with Crippen molar-refractivity contribution in [2.45, 2.75) is 26.9 Å². The Morgan fingerprint density at radius 1 is 1.06 bits per heavy atom. The third kappa shape index (κ3) is 5.23. The zero-order valence-corrected chi connectivity index (χ0v) is 19.4. The molecule has 2 heterocycles. The number of halogens is 1. The quantitative estimate of drug-likeness (QED) is 0.558. The summed E-state index contributed by atoms with van der Waals surface area (Å²) in [6, 6.07) is 13.0. The second-order valence-corrected chi connectivity index (χ2v) is 8.36. The fraction of sp³-hybridized carbons (Fsp3) is 0.417. The highest BCUT2D eigenvalue weighted by atomic mass is 35.5. The van der Waals surface area contributed by atoms with Crippen molar-refractivity contribution in [3.05, 3.63) is 53.3 Å². The van der Waals surface area contributed by atoms with Gasteiger partial charge in [-0.25, -0.2) is 4.98 Å². The van der Waals surface area contributed by atoms with Gasteiger partial charge >= 0.3 is 0 Å². The summed E-state index contributed by atoms with van der Waals surface area (Å²) in [5, 5.41) is 3.37. The number of ether oxygens (including phenoxy) is 1. The second kappa shape index (κ2) is 10.3. The van der Waals surface area contributed by atoms with Gasteiger partial charge in [0, 0.05) is 38.4 Å². The van der Waals surface area contributed by atoms with E-state index in [2.05, 4.69) is 33.5 Å². The summed E-state index contributed by atoms with van der Waals surface area (Å²) in [6.45, 7) is 11.4. The van der Waals surface area contributed by atoms with Crippen molar-refractivity contribution in [2.24, 2.45) is 0 Å². The van der Waals surface area contributed by atoms with E-state index in [1.165, 1.54) is 0 Å². The molecule has 8 heteroatoms. The number of amides is 1. The van der Waals surface area contributed by atoms with Crippen LogP contribution in [0.15, 0.2) is 42.5 Å². The van der Waals surface area contributed by atoms with E-state index in [9.17, 15) is 4.79 Å². The molecule has 7 nitrogen and oxygen atoms in total. The van der Waals surface area contributed by atoms with Gasteiger partial charge < -0.3 is 19.5 Å². The fourth-order valence-electron chi connectivity index (χ4n) is 4.10. The highest BCUT2D eigenvalue weighted by molar-refractivity contribution is 6.32. The summed E-state index contributed by atoms with van der Waals surface area (Å²) in [6.07, 6.45) is 0. The zero-order chi connectivity index (χ0) is 22.5. The summed E-state index contributed by atoms with van der Waals surface area (Å²) >= 11 is 6.08. The summed E-state index contributed by atoms with van der Waals surface area (Å²) in [7, 11) is 0. The maximum Gasteiger partial charge on any atom is 0.262 e. The monoisotopic (exact) mass is 455 g/mol. The van der Waals surface area contributed by atoms with Gasteiger partial charge in [0.05, 0.1) is 22.6 Å². The Morgan fingerprint density at radius 3 is 2.53 bits per heavy atom. The SMILES string of the molecule is CCN1CCN(Cc2nc3cc(NC(=O)COc4ccccc4Cl)ccc3n2CC)CC1. The molecule has 1 saturated heterocycles. The number of carbonyl (C=O) groups is 1. The van der Waals surface area contributed by atoms with Crippen molar-refractivity contribution < 1.29 is 9.53 Å². The molecule has 0 radical (unpaired) electrons. The normalized spacial score (nSPS) is 15.2. The highest BCUT2D eigenvalue weighted by Crippen LogP contribution is 2.24. The van der Waals surface area contributed by atoms with Crippen molar-refractivity contribution >= 4 is 34.2 Å². The molecule has 2 aromatic carbocycles. The predicted octanol–water partition coefficient (Wildman–Crippen LogP) is 3.86. The number of aryl methyl sites for hydroxylation is 1. The van der Waals surface area contributed by atoms with Crippen LogP contribution in [-0.2, 0) is 17.9 Å². The van der Waals surface area contributed by atoms with Crippen LogP contribution in [-0.4, -0.2) is 64.6 Å². The number of likely N-dealkylation sites (N-methyl/N-ethyl adjacent to an activating group) is 1. The first-order valence-corrected chi connectivity index (χ1v) is 11.6. The molecule has 3 aromatic rings. The zero-order valence-electron chi connectivity index (χ0n) is 18.7. The van der Waals surface area contributed by atoms with Crippen LogP contribution in [0.25, 0.3) is 11.0 Å². The average Bonchev–Trinajstić information content (AvgIpc) is 3.15. The number of nitrogens with zero attached hydrogens (tertiary/aromatic N) is 4. The largest absolute Gasteiger partial charge is 0.482 e. The molecule has 4 rings (SSSR count). The first-order chi connectivity index (χ1) is 15.6. The molecule has 170 valence electrons. The van der Waals surface area contributed by atoms with E-state index in [1.54, 1.807) is 12.1 Å². The molecule has 1 aromatic heterocycles. The summed E-state index contributed by atoms with van der Waals surface area (Å²) in [4.78, 5) is 22.2. The van der Waals surface area contributed by atoms with Crippen LogP contribution < -0.4 is 10.1 Å². The third-order valence-corrected chi connectivity index (χ3v) is 6.21. The molecule has 0 saturated carbocycles. The van der Waals surface area contributed by atoms with Crippen LogP contribution in [0.2, 0.25) is 5.02 Å². The van der Waals surface area contributed by atoms with Crippen LogP contribution in [0.3, 0.4) is 0 Å². The summed E-state index contributed by atoms with van der Waals surface area (Å²) < 4.78 is 7.78. The molecule has 1 amide bonds. The molecule has 1 aliphatic rings. The molecule has 0 aliphatic carbocycles. The number of aromatic nitrogens is 2. The van der Waals surface area contributed by atoms with Crippen LogP contribution in [0.1, 0.15) is 19.7 Å². The average molecular weight is 456 g/mol. The third-order valence-electron chi connectivity index (χ3n) is 5.90. The fourth-order valence-corrected chi connectivity index (χ4v) is 4.29. The minimum atomic E-state index is -0.242. The standard InChI is InChI=1S/C24H30ClN5O2/c1-3-28-11-13-29(14-12-28)16-23-27-20-15-18(9-10-21(20)30(23)4-2)26-24(31)17-32-22-8-6-5-7-19(22)25/h5-10,15H,3-4,11-14,16-17H2,1-2H3,(H,26,31). The van der Waals surface area contributed by atoms with Crippen LogP contribution in [0.4, 0.5) is 5.69 Å². The number of fused-ring (bicyclic) bond motifs is 1. The van der Waals surface area contributed by atoms with E-state index in [0.29, 0.717) is 16.5 Å². The first-order valence-electron chi connectivity index (χ1n) is 11.2. The molecule has 0 unspecified atom stereocenters.